The van der Waals surface area contributed by atoms with Gasteiger partial charge in [0.15, 0.2) is 0 Å². The fraction of sp³-hybridized carbons (Fsp3) is 0.235. The molecule has 1 amide bonds. The summed E-state index contributed by atoms with van der Waals surface area (Å²) in [6.07, 6.45) is 3.11. The molecule has 0 heterocycles. The van der Waals surface area contributed by atoms with Crippen molar-refractivity contribution in [2.45, 2.75) is 25.3 Å². The third-order valence-electron chi connectivity index (χ3n) is 3.91. The van der Waals surface area contributed by atoms with Crippen LogP contribution in [-0.2, 0) is 6.42 Å². The van der Waals surface area contributed by atoms with E-state index in [1.165, 1.54) is 11.1 Å². The summed E-state index contributed by atoms with van der Waals surface area (Å²) in [7, 11) is 0. The second-order valence-corrected chi connectivity index (χ2v) is 5.76. The van der Waals surface area contributed by atoms with Gasteiger partial charge in [0.1, 0.15) is 0 Å². The predicted molar refractivity (Wildman–Crippen MR) is 85.5 cm³/mol. The summed E-state index contributed by atoms with van der Waals surface area (Å²) in [6, 6.07) is 13.3. The third kappa shape index (κ3) is 2.88. The third-order valence-corrected chi connectivity index (χ3v) is 4.23. The molecule has 0 spiro atoms. The smallest absolute Gasteiger partial charge is 0.253 e. The molecule has 21 heavy (non-hydrogen) atoms. The van der Waals surface area contributed by atoms with E-state index in [0.717, 1.165) is 19.3 Å². The second-order valence-electron chi connectivity index (χ2n) is 5.36. The Balaban J connectivity index is 1.83. The highest BCUT2D eigenvalue weighted by Gasteiger charge is 2.22. The van der Waals surface area contributed by atoms with Crippen LogP contribution in [0.3, 0.4) is 0 Å². The summed E-state index contributed by atoms with van der Waals surface area (Å²) in [4.78, 5) is 12.4. The maximum absolute atomic E-state index is 12.4. The Morgan fingerprint density at radius 1 is 1.24 bits per heavy atom. The van der Waals surface area contributed by atoms with Crippen LogP contribution in [0.4, 0.5) is 5.69 Å². The van der Waals surface area contributed by atoms with E-state index in [2.05, 4.69) is 17.4 Å². The molecule has 0 aromatic heterocycles. The topological polar surface area (TPSA) is 55.1 Å². The molecule has 3 rings (SSSR count). The van der Waals surface area contributed by atoms with Crippen molar-refractivity contribution in [2.75, 3.05) is 5.73 Å². The number of hydrogen-bond acceptors (Lipinski definition) is 2. The minimum Gasteiger partial charge on any atom is -0.399 e. The van der Waals surface area contributed by atoms with Gasteiger partial charge < -0.3 is 11.1 Å². The minimum atomic E-state index is -0.151. The molecule has 3 N–H and O–H groups in total. The summed E-state index contributed by atoms with van der Waals surface area (Å²) in [6.45, 7) is 0. The van der Waals surface area contributed by atoms with Gasteiger partial charge in [-0.1, -0.05) is 35.9 Å². The molecule has 0 saturated heterocycles. The van der Waals surface area contributed by atoms with E-state index in [9.17, 15) is 4.79 Å². The highest BCUT2D eigenvalue weighted by Crippen LogP contribution is 2.30. The molecule has 2 aromatic rings. The lowest BCUT2D eigenvalue weighted by Crippen LogP contribution is -2.31. The highest BCUT2D eigenvalue weighted by atomic mass is 35.5. The van der Waals surface area contributed by atoms with Gasteiger partial charge >= 0.3 is 0 Å². The zero-order chi connectivity index (χ0) is 14.8. The Bertz CT molecular complexity index is 684. The Labute approximate surface area is 129 Å². The summed E-state index contributed by atoms with van der Waals surface area (Å²) >= 11 is 6.10. The Kier molecular flexibility index (Phi) is 3.84. The number of nitrogens with one attached hydrogen (secondary N) is 1. The predicted octanol–water partition coefficient (Wildman–Crippen LogP) is 3.73. The summed E-state index contributed by atoms with van der Waals surface area (Å²) < 4.78 is 0. The second kappa shape index (κ2) is 5.78. The van der Waals surface area contributed by atoms with Crippen LogP contribution in [-0.4, -0.2) is 5.91 Å². The zero-order valence-corrected chi connectivity index (χ0v) is 12.4. The highest BCUT2D eigenvalue weighted by molar-refractivity contribution is 6.34. The van der Waals surface area contributed by atoms with Gasteiger partial charge in [0.2, 0.25) is 0 Å². The van der Waals surface area contributed by atoms with Gasteiger partial charge in [-0.15, -0.1) is 0 Å². The number of amides is 1. The van der Waals surface area contributed by atoms with Gasteiger partial charge in [-0.2, -0.15) is 0 Å². The van der Waals surface area contributed by atoms with Crippen molar-refractivity contribution in [3.63, 3.8) is 0 Å². The molecular weight excluding hydrogens is 284 g/mol. The maximum atomic E-state index is 12.4. The Morgan fingerprint density at radius 3 is 2.86 bits per heavy atom. The van der Waals surface area contributed by atoms with Crippen molar-refractivity contribution in [3.05, 3.63) is 64.2 Å². The summed E-state index contributed by atoms with van der Waals surface area (Å²) in [5, 5.41) is 3.47. The zero-order valence-electron chi connectivity index (χ0n) is 11.6. The first-order valence-electron chi connectivity index (χ1n) is 7.09. The van der Waals surface area contributed by atoms with E-state index in [1.54, 1.807) is 18.2 Å². The number of carbonyl (C=O) groups is 1. The fourth-order valence-corrected chi connectivity index (χ4v) is 3.13. The Hall–Kier alpha value is -2.00. The van der Waals surface area contributed by atoms with Gasteiger partial charge in [-0.05, 0) is 48.6 Å². The molecule has 1 aliphatic carbocycles. The number of carbonyl (C=O) groups excluding carboxylic acids is 1. The molecule has 3 nitrogen and oxygen atoms in total. The molecular formula is C17H17ClN2O. The quantitative estimate of drug-likeness (QED) is 0.830. The first kappa shape index (κ1) is 14.0. The van der Waals surface area contributed by atoms with Crippen molar-refractivity contribution in [1.82, 2.24) is 5.32 Å². The van der Waals surface area contributed by atoms with Crippen LogP contribution in [0, 0.1) is 0 Å². The van der Waals surface area contributed by atoms with Crippen molar-refractivity contribution in [3.8, 4) is 0 Å². The van der Waals surface area contributed by atoms with Gasteiger partial charge in [0.25, 0.3) is 5.91 Å². The van der Waals surface area contributed by atoms with Crippen LogP contribution in [0.1, 0.15) is 40.4 Å². The van der Waals surface area contributed by atoms with Crippen LogP contribution >= 0.6 is 11.6 Å². The first-order chi connectivity index (χ1) is 10.1. The van der Waals surface area contributed by atoms with E-state index in [4.69, 9.17) is 17.3 Å². The van der Waals surface area contributed by atoms with Gasteiger partial charge in [-0.25, -0.2) is 0 Å². The number of anilines is 1. The number of rotatable bonds is 2. The van der Waals surface area contributed by atoms with E-state index in [-0.39, 0.29) is 11.9 Å². The largest absolute Gasteiger partial charge is 0.399 e. The van der Waals surface area contributed by atoms with E-state index in [1.807, 2.05) is 12.1 Å². The van der Waals surface area contributed by atoms with Crippen LogP contribution in [0.25, 0.3) is 0 Å². The molecule has 108 valence electrons. The van der Waals surface area contributed by atoms with Crippen LogP contribution in [0.5, 0.6) is 0 Å². The molecule has 1 unspecified atom stereocenters. The molecule has 1 atom stereocenters. The number of benzene rings is 2. The van der Waals surface area contributed by atoms with E-state index in [0.29, 0.717) is 16.3 Å². The fourth-order valence-electron chi connectivity index (χ4n) is 2.86. The number of nitrogens with two attached hydrogens (primary N) is 1. The average Bonchev–Trinajstić information content (AvgIpc) is 2.47. The van der Waals surface area contributed by atoms with Crippen LogP contribution in [0.2, 0.25) is 5.02 Å². The standard InChI is InChI=1S/C17H17ClN2O/c18-15-10-12(19)8-9-14(15)17(21)20-16-7-3-5-11-4-1-2-6-13(11)16/h1-2,4,6,8-10,16H,3,5,7,19H2,(H,20,21). The van der Waals surface area contributed by atoms with Crippen molar-refractivity contribution >= 4 is 23.2 Å². The average molecular weight is 301 g/mol. The molecule has 0 radical (unpaired) electrons. The van der Waals surface area contributed by atoms with Crippen molar-refractivity contribution < 1.29 is 4.79 Å². The maximum Gasteiger partial charge on any atom is 0.253 e. The van der Waals surface area contributed by atoms with E-state index < -0.39 is 0 Å². The number of fused-ring (bicyclic) bond motifs is 1. The summed E-state index contributed by atoms with van der Waals surface area (Å²) in [5.41, 5.74) is 9.21. The molecule has 0 fully saturated rings. The molecule has 2 aromatic carbocycles. The normalized spacial score (nSPS) is 17.1. The number of halogens is 1. The monoisotopic (exact) mass is 300 g/mol. The minimum absolute atomic E-state index is 0.0519. The van der Waals surface area contributed by atoms with Gasteiger partial charge in [-0.3, -0.25) is 4.79 Å². The number of nitrogen functional groups attached to an aromatic ring is 1. The van der Waals surface area contributed by atoms with Crippen molar-refractivity contribution in [2.24, 2.45) is 0 Å². The number of hydrogen-bond donors (Lipinski definition) is 2. The SMILES string of the molecule is Nc1ccc(C(=O)NC2CCCc3ccccc32)c(Cl)c1. The molecule has 4 heteroatoms. The molecule has 0 bridgehead atoms. The van der Waals surface area contributed by atoms with Crippen LogP contribution in [0.15, 0.2) is 42.5 Å². The lowest BCUT2D eigenvalue weighted by atomic mass is 9.87. The molecule has 0 saturated carbocycles. The Morgan fingerprint density at radius 2 is 2.05 bits per heavy atom. The first-order valence-corrected chi connectivity index (χ1v) is 7.46. The molecule has 0 aliphatic heterocycles. The lowest BCUT2D eigenvalue weighted by Gasteiger charge is -2.26. The summed E-state index contributed by atoms with van der Waals surface area (Å²) in [5.74, 6) is -0.151. The molecule has 1 aliphatic rings. The lowest BCUT2D eigenvalue weighted by molar-refractivity contribution is 0.0933. The van der Waals surface area contributed by atoms with Gasteiger partial charge in [0.05, 0.1) is 16.6 Å². The van der Waals surface area contributed by atoms with Gasteiger partial charge in [0, 0.05) is 5.69 Å². The number of aryl methyl sites for hydroxylation is 1. The van der Waals surface area contributed by atoms with E-state index >= 15 is 0 Å². The van der Waals surface area contributed by atoms with Crippen LogP contribution < -0.4 is 11.1 Å². The van der Waals surface area contributed by atoms with Crippen molar-refractivity contribution in [1.29, 1.82) is 0 Å².